The van der Waals surface area contributed by atoms with Gasteiger partial charge in [-0.05, 0) is 43.0 Å². The number of nitrogens with zero attached hydrogens (tertiary/aromatic N) is 3. The van der Waals surface area contributed by atoms with Gasteiger partial charge in [0.15, 0.2) is 0 Å². The Kier molecular flexibility index (Phi) is 5.53. The topological polar surface area (TPSA) is 58.1 Å². The Balaban J connectivity index is 1.50. The minimum absolute atomic E-state index is 0.184. The molecule has 0 radical (unpaired) electrons. The fourth-order valence-corrected chi connectivity index (χ4v) is 3.17. The lowest BCUT2D eigenvalue weighted by molar-refractivity contribution is 0.0945. The molecule has 5 nitrogen and oxygen atoms in total. The number of benzene rings is 1. The van der Waals surface area contributed by atoms with Crippen molar-refractivity contribution in [3.05, 3.63) is 52.3 Å². The van der Waals surface area contributed by atoms with Gasteiger partial charge in [0.05, 0.1) is 10.6 Å². The summed E-state index contributed by atoms with van der Waals surface area (Å²) in [7, 11) is 0. The lowest BCUT2D eigenvalue weighted by atomic mass is 9.97. The van der Waals surface area contributed by atoms with Gasteiger partial charge >= 0.3 is 0 Å². The molecule has 0 bridgehead atoms. The van der Waals surface area contributed by atoms with Crippen molar-refractivity contribution in [3.63, 3.8) is 0 Å². The molecule has 1 N–H and O–H groups in total. The molecule has 1 aromatic heterocycles. The van der Waals surface area contributed by atoms with E-state index < -0.39 is 0 Å². The van der Waals surface area contributed by atoms with Crippen LogP contribution in [0, 0.1) is 5.92 Å². The predicted molar refractivity (Wildman–Crippen MR) is 95.8 cm³/mol. The van der Waals surface area contributed by atoms with Gasteiger partial charge < -0.3 is 10.2 Å². The molecule has 3 rings (SSSR count). The highest BCUT2D eigenvalue weighted by atomic mass is 35.5. The van der Waals surface area contributed by atoms with Crippen molar-refractivity contribution in [1.82, 2.24) is 15.3 Å². The normalized spacial score (nSPS) is 15.3. The summed E-state index contributed by atoms with van der Waals surface area (Å²) in [5, 5.41) is 3.87. The summed E-state index contributed by atoms with van der Waals surface area (Å²) in [6.07, 6.45) is 5.48. The number of hydrogen-bond acceptors (Lipinski definition) is 4. The summed E-state index contributed by atoms with van der Waals surface area (Å²) < 4.78 is 0. The molecule has 1 aliphatic heterocycles. The number of nitrogens with one attached hydrogen (secondary N) is 1. The minimum Gasteiger partial charge on any atom is -0.352 e. The zero-order valence-corrected chi connectivity index (χ0v) is 14.6. The standard InChI is InChI=1S/C17H18Cl2N4O/c18-13-2-3-15(19)14(10-13)16(24)22-11-12-4-8-23(9-5-12)17-20-6-1-7-21-17/h1-3,6-7,10,12H,4-5,8-9,11H2,(H,22,24). The van der Waals surface area contributed by atoms with Gasteiger partial charge in [-0.25, -0.2) is 9.97 Å². The van der Waals surface area contributed by atoms with Crippen LogP contribution in [-0.2, 0) is 0 Å². The van der Waals surface area contributed by atoms with E-state index >= 15 is 0 Å². The molecular weight excluding hydrogens is 347 g/mol. The van der Waals surface area contributed by atoms with Crippen molar-refractivity contribution in [1.29, 1.82) is 0 Å². The maximum atomic E-state index is 12.3. The summed E-state index contributed by atoms with van der Waals surface area (Å²) in [5.74, 6) is 1.02. The van der Waals surface area contributed by atoms with Gasteiger partial charge in [-0.1, -0.05) is 23.2 Å². The third-order valence-corrected chi connectivity index (χ3v) is 4.74. The first-order valence-corrected chi connectivity index (χ1v) is 8.64. The monoisotopic (exact) mass is 364 g/mol. The quantitative estimate of drug-likeness (QED) is 0.902. The first kappa shape index (κ1) is 17.0. The van der Waals surface area contributed by atoms with Crippen LogP contribution in [0.3, 0.4) is 0 Å². The number of rotatable bonds is 4. The minimum atomic E-state index is -0.184. The molecule has 2 aromatic rings. The number of halogens is 2. The van der Waals surface area contributed by atoms with Gasteiger partial charge in [0, 0.05) is 37.1 Å². The van der Waals surface area contributed by atoms with Crippen LogP contribution in [0.15, 0.2) is 36.7 Å². The van der Waals surface area contributed by atoms with Gasteiger partial charge in [0.2, 0.25) is 5.95 Å². The van der Waals surface area contributed by atoms with Crippen LogP contribution < -0.4 is 10.2 Å². The molecule has 2 heterocycles. The molecule has 0 aliphatic carbocycles. The van der Waals surface area contributed by atoms with Crippen molar-refractivity contribution in [2.24, 2.45) is 5.92 Å². The van der Waals surface area contributed by atoms with Crippen molar-refractivity contribution in [2.75, 3.05) is 24.5 Å². The zero-order valence-electron chi connectivity index (χ0n) is 13.1. The lowest BCUT2D eigenvalue weighted by Crippen LogP contribution is -2.39. The second-order valence-electron chi connectivity index (χ2n) is 5.81. The third-order valence-electron chi connectivity index (χ3n) is 4.17. The van der Waals surface area contributed by atoms with Crippen LogP contribution in [-0.4, -0.2) is 35.5 Å². The summed E-state index contributed by atoms with van der Waals surface area (Å²) in [4.78, 5) is 23.0. The zero-order chi connectivity index (χ0) is 16.9. The van der Waals surface area contributed by atoms with E-state index in [1.807, 2.05) is 6.07 Å². The molecule has 24 heavy (non-hydrogen) atoms. The molecule has 0 saturated carbocycles. The fraction of sp³-hybridized carbons (Fsp3) is 0.353. The first-order chi connectivity index (χ1) is 11.6. The van der Waals surface area contributed by atoms with Crippen molar-refractivity contribution >= 4 is 35.1 Å². The van der Waals surface area contributed by atoms with Crippen LogP contribution in [0.5, 0.6) is 0 Å². The molecule has 0 atom stereocenters. The predicted octanol–water partition coefficient (Wildman–Crippen LogP) is 3.43. The number of aromatic nitrogens is 2. The molecule has 1 aliphatic rings. The molecule has 1 aromatic carbocycles. The van der Waals surface area contributed by atoms with Crippen molar-refractivity contribution in [3.8, 4) is 0 Å². The summed E-state index contributed by atoms with van der Waals surface area (Å²) in [6.45, 7) is 2.41. The maximum Gasteiger partial charge on any atom is 0.252 e. The molecule has 126 valence electrons. The van der Waals surface area contributed by atoms with Gasteiger partial charge in [0.25, 0.3) is 5.91 Å². The lowest BCUT2D eigenvalue weighted by Gasteiger charge is -2.31. The average molecular weight is 365 g/mol. The smallest absolute Gasteiger partial charge is 0.252 e. The van der Waals surface area contributed by atoms with E-state index in [1.54, 1.807) is 30.6 Å². The highest BCUT2D eigenvalue weighted by Crippen LogP contribution is 2.22. The highest BCUT2D eigenvalue weighted by molar-refractivity contribution is 6.35. The van der Waals surface area contributed by atoms with Gasteiger partial charge in [-0.2, -0.15) is 0 Å². The Bertz CT molecular complexity index is 703. The number of amides is 1. The summed E-state index contributed by atoms with van der Waals surface area (Å²) in [5.41, 5.74) is 0.416. The Labute approximate surface area is 151 Å². The maximum absolute atomic E-state index is 12.3. The van der Waals surface area contributed by atoms with Crippen LogP contribution >= 0.6 is 23.2 Å². The molecule has 1 fully saturated rings. The van der Waals surface area contributed by atoms with Crippen LogP contribution in [0.4, 0.5) is 5.95 Å². The SMILES string of the molecule is O=C(NCC1CCN(c2ncccn2)CC1)c1cc(Cl)ccc1Cl. The summed E-state index contributed by atoms with van der Waals surface area (Å²) in [6, 6.07) is 6.71. The van der Waals surface area contributed by atoms with E-state index in [0.717, 1.165) is 31.9 Å². The fourth-order valence-electron chi connectivity index (χ4n) is 2.80. The third kappa shape index (κ3) is 4.16. The van der Waals surface area contributed by atoms with E-state index in [4.69, 9.17) is 23.2 Å². The molecule has 1 saturated heterocycles. The van der Waals surface area contributed by atoms with E-state index in [-0.39, 0.29) is 5.91 Å². The number of piperidine rings is 1. The van der Waals surface area contributed by atoms with Gasteiger partial charge in [-0.15, -0.1) is 0 Å². The first-order valence-electron chi connectivity index (χ1n) is 7.88. The molecular formula is C17H18Cl2N4O. The molecule has 0 spiro atoms. The van der Waals surface area contributed by atoms with Crippen LogP contribution in [0.2, 0.25) is 10.0 Å². The van der Waals surface area contributed by atoms with Crippen molar-refractivity contribution < 1.29 is 4.79 Å². The van der Waals surface area contributed by atoms with Crippen LogP contribution in [0.1, 0.15) is 23.2 Å². The van der Waals surface area contributed by atoms with Crippen molar-refractivity contribution in [2.45, 2.75) is 12.8 Å². The second kappa shape index (κ2) is 7.81. The Morgan fingerprint density at radius 1 is 1.21 bits per heavy atom. The van der Waals surface area contributed by atoms with E-state index in [2.05, 4.69) is 20.2 Å². The Morgan fingerprint density at radius 3 is 2.62 bits per heavy atom. The van der Waals surface area contributed by atoms with Gasteiger partial charge in [0.1, 0.15) is 0 Å². The van der Waals surface area contributed by atoms with E-state index in [9.17, 15) is 4.79 Å². The number of carbonyl (C=O) groups excluding carboxylic acids is 1. The Hall–Kier alpha value is -1.85. The number of anilines is 1. The average Bonchev–Trinajstić information content (AvgIpc) is 2.63. The van der Waals surface area contributed by atoms with Gasteiger partial charge in [-0.3, -0.25) is 4.79 Å². The number of hydrogen-bond donors (Lipinski definition) is 1. The van der Waals surface area contributed by atoms with E-state index in [1.165, 1.54) is 0 Å². The largest absolute Gasteiger partial charge is 0.352 e. The molecule has 7 heteroatoms. The van der Waals surface area contributed by atoms with Crippen LogP contribution in [0.25, 0.3) is 0 Å². The number of carbonyl (C=O) groups is 1. The Morgan fingerprint density at radius 2 is 1.92 bits per heavy atom. The highest BCUT2D eigenvalue weighted by Gasteiger charge is 2.21. The van der Waals surface area contributed by atoms with E-state index in [0.29, 0.717) is 28.1 Å². The molecule has 1 amide bonds. The second-order valence-corrected chi connectivity index (χ2v) is 6.66. The summed E-state index contributed by atoms with van der Waals surface area (Å²) >= 11 is 12.0. The molecule has 0 unspecified atom stereocenters.